The number of pyridine rings is 1. The van der Waals surface area contributed by atoms with Gasteiger partial charge >= 0.3 is 0 Å². The Bertz CT molecular complexity index is 563. The fraction of sp³-hybridized carbons (Fsp3) is 0.500. The molecule has 0 aromatic carbocycles. The Morgan fingerprint density at radius 1 is 1.53 bits per heavy atom. The fourth-order valence-corrected chi connectivity index (χ4v) is 2.40. The van der Waals surface area contributed by atoms with Crippen LogP contribution in [0, 0.1) is 17.2 Å². The van der Waals surface area contributed by atoms with Gasteiger partial charge in [-0.1, -0.05) is 6.92 Å². The van der Waals surface area contributed by atoms with Crippen molar-refractivity contribution in [1.29, 1.82) is 5.26 Å². The van der Waals surface area contributed by atoms with Crippen molar-refractivity contribution in [3.63, 3.8) is 0 Å². The molecule has 0 spiro atoms. The Kier molecular flexibility index (Phi) is 3.70. The van der Waals surface area contributed by atoms with Crippen LogP contribution in [0.2, 0.25) is 0 Å². The zero-order chi connectivity index (χ0) is 13.9. The highest BCUT2D eigenvalue weighted by molar-refractivity contribution is 5.94. The van der Waals surface area contributed by atoms with Crippen molar-refractivity contribution in [3.8, 4) is 6.07 Å². The zero-order valence-electron chi connectivity index (χ0n) is 10.9. The third-order valence-corrected chi connectivity index (χ3v) is 3.76. The van der Waals surface area contributed by atoms with E-state index in [9.17, 15) is 14.9 Å². The van der Waals surface area contributed by atoms with E-state index in [1.54, 1.807) is 0 Å². The quantitative estimate of drug-likeness (QED) is 0.845. The Labute approximate surface area is 111 Å². The molecule has 1 aliphatic carbocycles. The molecule has 1 aromatic rings. The van der Waals surface area contributed by atoms with Crippen LogP contribution in [0.3, 0.4) is 0 Å². The summed E-state index contributed by atoms with van der Waals surface area (Å²) in [6.45, 7) is 2.14. The van der Waals surface area contributed by atoms with Crippen LogP contribution in [-0.2, 0) is 0 Å². The van der Waals surface area contributed by atoms with Crippen molar-refractivity contribution in [2.24, 2.45) is 5.92 Å². The van der Waals surface area contributed by atoms with Crippen LogP contribution in [-0.4, -0.2) is 16.4 Å². The molecular formula is C14H17N3O2. The summed E-state index contributed by atoms with van der Waals surface area (Å²) in [5.41, 5.74) is -1.12. The minimum Gasteiger partial charge on any atom is -0.367 e. The number of hydrogen-bond acceptors (Lipinski definition) is 3. The molecule has 5 heteroatoms. The van der Waals surface area contributed by atoms with Gasteiger partial charge in [0.1, 0.15) is 11.1 Å². The topological polar surface area (TPSA) is 85.8 Å². The Balaban J connectivity index is 2.16. The second-order valence-electron chi connectivity index (χ2n) is 5.25. The molecule has 1 heterocycles. The molecule has 2 rings (SSSR count). The number of aromatic nitrogens is 1. The SMILES string of the molecule is CC1CCC(C#N)(NC(=O)c2c[nH]ccc2=O)CC1. The van der Waals surface area contributed by atoms with Crippen molar-refractivity contribution in [1.82, 2.24) is 10.3 Å². The van der Waals surface area contributed by atoms with E-state index in [2.05, 4.69) is 23.3 Å². The van der Waals surface area contributed by atoms with E-state index in [0.717, 1.165) is 12.8 Å². The Hall–Kier alpha value is -2.09. The molecular weight excluding hydrogens is 242 g/mol. The van der Waals surface area contributed by atoms with Crippen LogP contribution in [0.1, 0.15) is 43.0 Å². The maximum Gasteiger partial charge on any atom is 0.257 e. The highest BCUT2D eigenvalue weighted by Crippen LogP contribution is 2.31. The standard InChI is InChI=1S/C14H17N3O2/c1-10-2-5-14(9-15,6-3-10)17-13(19)11-8-16-7-4-12(11)18/h4,7-8,10H,2-3,5-6H2,1H3,(H,16,18)(H,17,19). The number of nitriles is 1. The minimum absolute atomic E-state index is 0.0516. The van der Waals surface area contributed by atoms with Gasteiger partial charge < -0.3 is 10.3 Å². The number of carbonyl (C=O) groups excluding carboxylic acids is 1. The third kappa shape index (κ3) is 2.84. The normalized spacial score (nSPS) is 26.4. The molecule has 0 bridgehead atoms. The number of nitrogens with zero attached hydrogens (tertiary/aromatic N) is 1. The van der Waals surface area contributed by atoms with Crippen molar-refractivity contribution >= 4 is 5.91 Å². The van der Waals surface area contributed by atoms with Gasteiger partial charge in [0.05, 0.1) is 6.07 Å². The molecule has 2 N–H and O–H groups in total. The summed E-state index contributed by atoms with van der Waals surface area (Å²) < 4.78 is 0. The van der Waals surface area contributed by atoms with Crippen LogP contribution in [0.5, 0.6) is 0 Å². The average Bonchev–Trinajstić information content (AvgIpc) is 2.42. The first-order valence-electron chi connectivity index (χ1n) is 6.47. The lowest BCUT2D eigenvalue weighted by Gasteiger charge is -2.34. The molecule has 100 valence electrons. The first kappa shape index (κ1) is 13.3. The van der Waals surface area contributed by atoms with Gasteiger partial charge in [0.15, 0.2) is 5.43 Å². The van der Waals surface area contributed by atoms with Gasteiger partial charge in [-0.3, -0.25) is 9.59 Å². The highest BCUT2D eigenvalue weighted by Gasteiger charge is 2.36. The van der Waals surface area contributed by atoms with Crippen LogP contribution in [0.15, 0.2) is 23.3 Å². The maximum atomic E-state index is 12.1. The lowest BCUT2D eigenvalue weighted by molar-refractivity contribution is 0.0892. The van der Waals surface area contributed by atoms with Crippen molar-refractivity contribution in [2.45, 2.75) is 38.1 Å². The number of carbonyl (C=O) groups is 1. The first-order valence-corrected chi connectivity index (χ1v) is 6.47. The Morgan fingerprint density at radius 2 is 2.21 bits per heavy atom. The largest absolute Gasteiger partial charge is 0.367 e. The Morgan fingerprint density at radius 3 is 2.79 bits per heavy atom. The molecule has 1 saturated carbocycles. The number of H-pyrrole nitrogens is 1. The number of rotatable bonds is 2. The number of nitrogens with one attached hydrogen (secondary N) is 2. The van der Waals surface area contributed by atoms with Crippen LogP contribution < -0.4 is 10.7 Å². The van der Waals surface area contributed by atoms with Crippen LogP contribution >= 0.6 is 0 Å². The van der Waals surface area contributed by atoms with Gasteiger partial charge in [-0.25, -0.2) is 0 Å². The summed E-state index contributed by atoms with van der Waals surface area (Å²) in [6.07, 6.45) is 5.95. The molecule has 1 amide bonds. The summed E-state index contributed by atoms with van der Waals surface area (Å²) in [6, 6.07) is 3.52. The summed E-state index contributed by atoms with van der Waals surface area (Å²) in [5.74, 6) is 0.108. The van der Waals surface area contributed by atoms with Gasteiger partial charge in [0, 0.05) is 18.5 Å². The molecule has 0 unspecified atom stereocenters. The zero-order valence-corrected chi connectivity index (χ0v) is 10.9. The lowest BCUT2D eigenvalue weighted by Crippen LogP contribution is -2.50. The van der Waals surface area contributed by atoms with Crippen LogP contribution in [0.4, 0.5) is 0 Å². The third-order valence-electron chi connectivity index (χ3n) is 3.76. The molecule has 0 aliphatic heterocycles. The van der Waals surface area contributed by atoms with Crippen molar-refractivity contribution in [3.05, 3.63) is 34.2 Å². The van der Waals surface area contributed by atoms with Gasteiger partial charge in [-0.05, 0) is 31.6 Å². The predicted octanol–water partition coefficient (Wildman–Crippen LogP) is 1.58. The molecule has 0 radical (unpaired) electrons. The number of hydrogen-bond donors (Lipinski definition) is 2. The highest BCUT2D eigenvalue weighted by atomic mass is 16.2. The summed E-state index contributed by atoms with van der Waals surface area (Å²) >= 11 is 0. The average molecular weight is 259 g/mol. The van der Waals surface area contributed by atoms with Crippen LogP contribution in [0.25, 0.3) is 0 Å². The van der Waals surface area contributed by atoms with E-state index in [1.807, 2.05) is 0 Å². The van der Waals surface area contributed by atoms with E-state index in [0.29, 0.717) is 18.8 Å². The van der Waals surface area contributed by atoms with Gasteiger partial charge in [0.25, 0.3) is 5.91 Å². The lowest BCUT2D eigenvalue weighted by atomic mass is 9.78. The smallest absolute Gasteiger partial charge is 0.257 e. The number of aromatic amines is 1. The molecule has 1 aromatic heterocycles. The molecule has 0 saturated heterocycles. The van der Waals surface area contributed by atoms with Crippen molar-refractivity contribution in [2.75, 3.05) is 0 Å². The summed E-state index contributed by atoms with van der Waals surface area (Å²) in [4.78, 5) is 26.4. The van der Waals surface area contributed by atoms with Gasteiger partial charge in [0.2, 0.25) is 0 Å². The fourth-order valence-electron chi connectivity index (χ4n) is 2.40. The first-order chi connectivity index (χ1) is 9.06. The van der Waals surface area contributed by atoms with E-state index in [-0.39, 0.29) is 11.0 Å². The molecule has 19 heavy (non-hydrogen) atoms. The summed E-state index contributed by atoms with van der Waals surface area (Å²) in [7, 11) is 0. The van der Waals surface area contributed by atoms with Gasteiger partial charge in [-0.15, -0.1) is 0 Å². The van der Waals surface area contributed by atoms with E-state index < -0.39 is 11.4 Å². The second kappa shape index (κ2) is 5.27. The summed E-state index contributed by atoms with van der Waals surface area (Å²) in [5, 5.41) is 12.1. The van der Waals surface area contributed by atoms with Gasteiger partial charge in [-0.2, -0.15) is 5.26 Å². The molecule has 1 aliphatic rings. The number of amides is 1. The van der Waals surface area contributed by atoms with E-state index in [1.165, 1.54) is 18.5 Å². The minimum atomic E-state index is -0.828. The van der Waals surface area contributed by atoms with E-state index in [4.69, 9.17) is 0 Å². The molecule has 5 nitrogen and oxygen atoms in total. The second-order valence-corrected chi connectivity index (χ2v) is 5.25. The van der Waals surface area contributed by atoms with E-state index >= 15 is 0 Å². The molecule has 1 fully saturated rings. The monoisotopic (exact) mass is 259 g/mol. The molecule has 0 atom stereocenters. The van der Waals surface area contributed by atoms with Crippen molar-refractivity contribution < 1.29 is 4.79 Å². The maximum absolute atomic E-state index is 12.1. The predicted molar refractivity (Wildman–Crippen MR) is 70.5 cm³/mol.